The van der Waals surface area contributed by atoms with E-state index in [1.807, 2.05) is 31.2 Å². The largest absolute Gasteiger partial charge is 0.507 e. The van der Waals surface area contributed by atoms with E-state index in [-0.39, 0.29) is 5.75 Å². The average Bonchev–Trinajstić information content (AvgIpc) is 2.88. The standard InChI is InChI=1S/C18H18ClN3O/c1-3-10-22-16-7-5-4-6-15(16)21-18(22)20-12(2)14-11-13(19)8-9-17(14)23/h4-9,11,23H,3,10H2,1-2H3/b20-12+. The summed E-state index contributed by atoms with van der Waals surface area (Å²) in [7, 11) is 0. The van der Waals surface area contributed by atoms with Crippen LogP contribution in [0.2, 0.25) is 5.02 Å². The predicted octanol–water partition coefficient (Wildman–Crippen LogP) is 4.95. The molecule has 1 aromatic heterocycles. The Kier molecular flexibility index (Phi) is 4.35. The number of aryl methyl sites for hydroxylation is 1. The van der Waals surface area contributed by atoms with Crippen molar-refractivity contribution < 1.29 is 5.11 Å². The topological polar surface area (TPSA) is 50.4 Å². The first-order valence-electron chi connectivity index (χ1n) is 7.59. The molecule has 0 radical (unpaired) electrons. The van der Waals surface area contributed by atoms with Gasteiger partial charge in [-0.1, -0.05) is 30.7 Å². The highest BCUT2D eigenvalue weighted by molar-refractivity contribution is 6.31. The van der Waals surface area contributed by atoms with Crippen LogP contribution in [-0.2, 0) is 6.54 Å². The second-order valence-electron chi connectivity index (χ2n) is 5.41. The lowest BCUT2D eigenvalue weighted by atomic mass is 10.1. The van der Waals surface area contributed by atoms with Gasteiger partial charge in [-0.15, -0.1) is 0 Å². The van der Waals surface area contributed by atoms with E-state index in [1.54, 1.807) is 18.2 Å². The smallest absolute Gasteiger partial charge is 0.230 e. The van der Waals surface area contributed by atoms with Gasteiger partial charge in [0.25, 0.3) is 0 Å². The Balaban J connectivity index is 2.12. The number of hydrogen-bond acceptors (Lipinski definition) is 3. The van der Waals surface area contributed by atoms with Gasteiger partial charge in [-0.2, -0.15) is 0 Å². The highest BCUT2D eigenvalue weighted by Crippen LogP contribution is 2.26. The van der Waals surface area contributed by atoms with Crippen molar-refractivity contribution in [1.29, 1.82) is 0 Å². The van der Waals surface area contributed by atoms with Crippen molar-refractivity contribution in [2.24, 2.45) is 4.99 Å². The Bertz CT molecular complexity index is 883. The Morgan fingerprint density at radius 1 is 1.26 bits per heavy atom. The number of hydrogen-bond donors (Lipinski definition) is 1. The third kappa shape index (κ3) is 3.08. The molecule has 1 heterocycles. The highest BCUT2D eigenvalue weighted by atomic mass is 35.5. The van der Waals surface area contributed by atoms with Crippen LogP contribution in [0.5, 0.6) is 5.75 Å². The Morgan fingerprint density at radius 2 is 2.04 bits per heavy atom. The van der Waals surface area contributed by atoms with Crippen LogP contribution in [0.3, 0.4) is 0 Å². The van der Waals surface area contributed by atoms with Crippen LogP contribution in [0.4, 0.5) is 5.95 Å². The Hall–Kier alpha value is -2.33. The van der Waals surface area contributed by atoms with Crippen molar-refractivity contribution in [3.8, 4) is 5.75 Å². The lowest BCUT2D eigenvalue weighted by Crippen LogP contribution is -1.99. The fraction of sp³-hybridized carbons (Fsp3) is 0.222. The van der Waals surface area contributed by atoms with Crippen LogP contribution in [-0.4, -0.2) is 20.4 Å². The van der Waals surface area contributed by atoms with Crippen molar-refractivity contribution in [1.82, 2.24) is 9.55 Å². The molecule has 2 aromatic carbocycles. The van der Waals surface area contributed by atoms with E-state index < -0.39 is 0 Å². The van der Waals surface area contributed by atoms with E-state index in [9.17, 15) is 5.11 Å². The summed E-state index contributed by atoms with van der Waals surface area (Å²) >= 11 is 6.02. The fourth-order valence-corrected chi connectivity index (χ4v) is 2.77. The first-order chi connectivity index (χ1) is 11.1. The molecule has 0 aliphatic heterocycles. The molecule has 0 unspecified atom stereocenters. The number of halogens is 1. The van der Waals surface area contributed by atoms with Gasteiger partial charge >= 0.3 is 0 Å². The number of rotatable bonds is 4. The first-order valence-corrected chi connectivity index (χ1v) is 7.97. The molecule has 0 atom stereocenters. The molecule has 0 fully saturated rings. The molecular formula is C18H18ClN3O. The average molecular weight is 328 g/mol. The number of para-hydroxylation sites is 2. The number of aliphatic imine (C=N–C) groups is 1. The van der Waals surface area contributed by atoms with Crippen LogP contribution < -0.4 is 0 Å². The van der Waals surface area contributed by atoms with Crippen LogP contribution in [0, 0.1) is 0 Å². The molecule has 118 valence electrons. The van der Waals surface area contributed by atoms with E-state index in [1.165, 1.54) is 0 Å². The van der Waals surface area contributed by atoms with Gasteiger partial charge in [-0.3, -0.25) is 0 Å². The minimum atomic E-state index is 0.161. The van der Waals surface area contributed by atoms with Crippen LogP contribution in [0.25, 0.3) is 11.0 Å². The van der Waals surface area contributed by atoms with Gasteiger partial charge in [-0.05, 0) is 43.7 Å². The van der Waals surface area contributed by atoms with Crippen molar-refractivity contribution in [2.45, 2.75) is 26.8 Å². The number of phenolic OH excluding ortho intramolecular Hbond substituents is 1. The van der Waals surface area contributed by atoms with Gasteiger partial charge in [0.1, 0.15) is 5.75 Å². The van der Waals surface area contributed by atoms with E-state index >= 15 is 0 Å². The lowest BCUT2D eigenvalue weighted by molar-refractivity contribution is 0.474. The van der Waals surface area contributed by atoms with Gasteiger partial charge in [0.2, 0.25) is 5.95 Å². The molecule has 0 saturated heterocycles. The van der Waals surface area contributed by atoms with Gasteiger partial charge < -0.3 is 9.67 Å². The van der Waals surface area contributed by atoms with Crippen molar-refractivity contribution in [3.05, 3.63) is 53.1 Å². The number of aromatic nitrogens is 2. The van der Waals surface area contributed by atoms with Crippen LogP contribution >= 0.6 is 11.6 Å². The number of imidazole rings is 1. The monoisotopic (exact) mass is 327 g/mol. The van der Waals surface area contributed by atoms with Crippen molar-refractivity contribution in [3.63, 3.8) is 0 Å². The minimum absolute atomic E-state index is 0.161. The first kappa shape index (κ1) is 15.6. The molecule has 3 rings (SSSR count). The quantitative estimate of drug-likeness (QED) is 0.689. The Morgan fingerprint density at radius 3 is 2.83 bits per heavy atom. The molecule has 0 aliphatic rings. The summed E-state index contributed by atoms with van der Waals surface area (Å²) in [5, 5.41) is 10.6. The minimum Gasteiger partial charge on any atom is -0.507 e. The number of phenols is 1. The van der Waals surface area contributed by atoms with Gasteiger partial charge in [0, 0.05) is 17.1 Å². The number of benzene rings is 2. The van der Waals surface area contributed by atoms with Crippen LogP contribution in [0.1, 0.15) is 25.8 Å². The third-order valence-corrected chi connectivity index (χ3v) is 3.93. The lowest BCUT2D eigenvalue weighted by Gasteiger charge is -2.07. The summed E-state index contributed by atoms with van der Waals surface area (Å²) in [4.78, 5) is 9.25. The second kappa shape index (κ2) is 6.42. The van der Waals surface area contributed by atoms with E-state index in [0.717, 1.165) is 24.0 Å². The maximum atomic E-state index is 10.0. The molecule has 5 heteroatoms. The normalized spacial score (nSPS) is 12.0. The zero-order valence-corrected chi connectivity index (χ0v) is 13.9. The Labute approximate surface area is 140 Å². The van der Waals surface area contributed by atoms with E-state index in [2.05, 4.69) is 21.5 Å². The van der Waals surface area contributed by atoms with Gasteiger partial charge in [-0.25, -0.2) is 9.98 Å². The summed E-state index contributed by atoms with van der Waals surface area (Å²) in [6.07, 6.45) is 0.990. The van der Waals surface area contributed by atoms with Gasteiger partial charge in [0.05, 0.1) is 16.7 Å². The SMILES string of the molecule is CCCn1c(/N=C(\C)c2cc(Cl)ccc2O)nc2ccccc21. The predicted molar refractivity (Wildman–Crippen MR) is 95.0 cm³/mol. The summed E-state index contributed by atoms with van der Waals surface area (Å²) in [5.41, 5.74) is 3.28. The van der Waals surface area contributed by atoms with Crippen molar-refractivity contribution in [2.75, 3.05) is 0 Å². The zero-order chi connectivity index (χ0) is 16.4. The van der Waals surface area contributed by atoms with E-state index in [4.69, 9.17) is 11.6 Å². The molecule has 0 saturated carbocycles. The molecule has 23 heavy (non-hydrogen) atoms. The van der Waals surface area contributed by atoms with Crippen molar-refractivity contribution >= 4 is 34.3 Å². The zero-order valence-electron chi connectivity index (χ0n) is 13.1. The molecule has 1 N–H and O–H groups in total. The molecule has 0 aliphatic carbocycles. The number of nitrogens with zero attached hydrogens (tertiary/aromatic N) is 3. The highest BCUT2D eigenvalue weighted by Gasteiger charge is 2.11. The molecule has 0 bridgehead atoms. The molecule has 4 nitrogen and oxygen atoms in total. The van der Waals surface area contributed by atoms with E-state index in [0.29, 0.717) is 22.2 Å². The van der Waals surface area contributed by atoms with Crippen LogP contribution in [0.15, 0.2) is 47.5 Å². The summed E-state index contributed by atoms with van der Waals surface area (Å²) in [5.74, 6) is 0.804. The second-order valence-corrected chi connectivity index (χ2v) is 5.85. The molecule has 3 aromatic rings. The number of fused-ring (bicyclic) bond motifs is 1. The fourth-order valence-electron chi connectivity index (χ4n) is 2.60. The summed E-state index contributed by atoms with van der Waals surface area (Å²) in [6.45, 7) is 4.81. The van der Waals surface area contributed by atoms with Gasteiger partial charge in [0.15, 0.2) is 0 Å². The summed E-state index contributed by atoms with van der Waals surface area (Å²) < 4.78 is 2.10. The molecule has 0 spiro atoms. The summed E-state index contributed by atoms with van der Waals surface area (Å²) in [6, 6.07) is 12.9. The molecule has 0 amide bonds. The third-order valence-electron chi connectivity index (χ3n) is 3.70. The number of aromatic hydroxyl groups is 1. The molecular weight excluding hydrogens is 310 g/mol. The maximum Gasteiger partial charge on any atom is 0.230 e. The maximum absolute atomic E-state index is 10.0.